The molecule has 2 aromatic carbocycles. The Labute approximate surface area is 128 Å². The maximum Gasteiger partial charge on any atom is 0.254 e. The summed E-state index contributed by atoms with van der Waals surface area (Å²) < 4.78 is 12.5. The standard InChI is InChI=1S/C17H15ClFNO/c18-16-7-2-1-5-15(16)14-6-3-4-12-11-20(17(21)10-19)9-8-13(12)14/h1-7H,8-11H2. The number of nitrogens with zero attached hydrogens (tertiary/aromatic N) is 1. The minimum absolute atomic E-state index is 0.441. The van der Waals surface area contributed by atoms with E-state index in [1.165, 1.54) is 5.56 Å². The number of halogens is 2. The number of hydrogen-bond acceptors (Lipinski definition) is 1. The first-order valence-corrected chi connectivity index (χ1v) is 7.28. The summed E-state index contributed by atoms with van der Waals surface area (Å²) in [6.45, 7) is 0.0904. The zero-order chi connectivity index (χ0) is 14.8. The van der Waals surface area contributed by atoms with Crippen molar-refractivity contribution < 1.29 is 9.18 Å². The molecule has 0 atom stereocenters. The third-order valence-electron chi connectivity index (χ3n) is 3.90. The van der Waals surface area contributed by atoms with Gasteiger partial charge in [0, 0.05) is 23.7 Å². The van der Waals surface area contributed by atoms with E-state index in [1.807, 2.05) is 42.5 Å². The van der Waals surface area contributed by atoms with Gasteiger partial charge in [0.2, 0.25) is 0 Å². The summed E-state index contributed by atoms with van der Waals surface area (Å²) in [6.07, 6.45) is 0.725. The second kappa shape index (κ2) is 5.86. The van der Waals surface area contributed by atoms with Crippen molar-refractivity contribution in [3.8, 4) is 11.1 Å². The molecule has 1 aliphatic heterocycles. The van der Waals surface area contributed by atoms with Gasteiger partial charge >= 0.3 is 0 Å². The van der Waals surface area contributed by atoms with Gasteiger partial charge in [-0.05, 0) is 29.2 Å². The molecule has 108 valence electrons. The summed E-state index contributed by atoms with van der Waals surface area (Å²) >= 11 is 6.29. The SMILES string of the molecule is O=C(CF)N1CCc2c(cccc2-c2ccccc2Cl)C1. The van der Waals surface area contributed by atoms with Crippen LogP contribution in [-0.2, 0) is 17.8 Å². The second-order valence-corrected chi connectivity index (χ2v) is 5.53. The van der Waals surface area contributed by atoms with Crippen molar-refractivity contribution in [2.45, 2.75) is 13.0 Å². The number of amides is 1. The highest BCUT2D eigenvalue weighted by molar-refractivity contribution is 6.33. The Morgan fingerprint density at radius 1 is 1.14 bits per heavy atom. The number of alkyl halides is 1. The Hall–Kier alpha value is -1.87. The van der Waals surface area contributed by atoms with Gasteiger partial charge in [-0.3, -0.25) is 4.79 Å². The fourth-order valence-electron chi connectivity index (χ4n) is 2.84. The van der Waals surface area contributed by atoms with E-state index in [1.54, 1.807) is 4.90 Å². The minimum Gasteiger partial charge on any atom is -0.336 e. The van der Waals surface area contributed by atoms with Crippen LogP contribution in [0.2, 0.25) is 5.02 Å². The zero-order valence-corrected chi connectivity index (χ0v) is 12.2. The topological polar surface area (TPSA) is 20.3 Å². The number of hydrogen-bond donors (Lipinski definition) is 0. The fourth-order valence-corrected chi connectivity index (χ4v) is 3.08. The summed E-state index contributed by atoms with van der Waals surface area (Å²) in [5.41, 5.74) is 4.38. The lowest BCUT2D eigenvalue weighted by Gasteiger charge is -2.29. The predicted molar refractivity (Wildman–Crippen MR) is 82.0 cm³/mol. The van der Waals surface area contributed by atoms with Gasteiger partial charge in [-0.25, -0.2) is 4.39 Å². The molecule has 0 N–H and O–H groups in total. The number of benzene rings is 2. The van der Waals surface area contributed by atoms with Crippen LogP contribution in [0.3, 0.4) is 0 Å². The van der Waals surface area contributed by atoms with E-state index in [9.17, 15) is 9.18 Å². The molecule has 4 heteroatoms. The first kappa shape index (κ1) is 14.1. The van der Waals surface area contributed by atoms with Crippen molar-refractivity contribution in [2.24, 2.45) is 0 Å². The summed E-state index contributed by atoms with van der Waals surface area (Å²) in [7, 11) is 0. The minimum atomic E-state index is -0.931. The molecule has 1 heterocycles. The monoisotopic (exact) mass is 303 g/mol. The molecule has 0 radical (unpaired) electrons. The number of carbonyl (C=O) groups is 1. The number of carbonyl (C=O) groups excluding carboxylic acids is 1. The Balaban J connectivity index is 2.01. The van der Waals surface area contributed by atoms with Gasteiger partial charge in [0.1, 0.15) is 0 Å². The van der Waals surface area contributed by atoms with Gasteiger partial charge in [-0.2, -0.15) is 0 Å². The van der Waals surface area contributed by atoms with Crippen LogP contribution in [0.15, 0.2) is 42.5 Å². The first-order valence-electron chi connectivity index (χ1n) is 6.90. The van der Waals surface area contributed by atoms with Gasteiger partial charge < -0.3 is 4.90 Å². The van der Waals surface area contributed by atoms with Crippen molar-refractivity contribution in [3.63, 3.8) is 0 Å². The molecular weight excluding hydrogens is 289 g/mol. The predicted octanol–water partition coefficient (Wildman–Crippen LogP) is 3.86. The molecule has 0 saturated heterocycles. The van der Waals surface area contributed by atoms with Gasteiger partial charge in [0.25, 0.3) is 5.91 Å². The highest BCUT2D eigenvalue weighted by Gasteiger charge is 2.22. The third-order valence-corrected chi connectivity index (χ3v) is 4.23. The summed E-state index contributed by atoms with van der Waals surface area (Å²) in [4.78, 5) is 13.1. The maximum atomic E-state index is 12.5. The highest BCUT2D eigenvalue weighted by Crippen LogP contribution is 2.34. The molecule has 2 nitrogen and oxygen atoms in total. The summed E-state index contributed by atoms with van der Waals surface area (Å²) in [5, 5.41) is 0.716. The van der Waals surface area contributed by atoms with Crippen LogP contribution >= 0.6 is 11.6 Å². The average molecular weight is 304 g/mol. The average Bonchev–Trinajstić information content (AvgIpc) is 2.53. The van der Waals surface area contributed by atoms with Gasteiger partial charge in [-0.1, -0.05) is 48.0 Å². The lowest BCUT2D eigenvalue weighted by atomic mass is 9.90. The van der Waals surface area contributed by atoms with Crippen molar-refractivity contribution in [1.82, 2.24) is 4.90 Å². The normalized spacial score (nSPS) is 13.9. The van der Waals surface area contributed by atoms with E-state index in [0.717, 1.165) is 23.1 Å². The van der Waals surface area contributed by atoms with Crippen LogP contribution in [0, 0.1) is 0 Å². The van der Waals surface area contributed by atoms with Crippen molar-refractivity contribution in [1.29, 1.82) is 0 Å². The lowest BCUT2D eigenvalue weighted by Crippen LogP contribution is -2.37. The highest BCUT2D eigenvalue weighted by atomic mass is 35.5. The number of fused-ring (bicyclic) bond motifs is 1. The van der Waals surface area contributed by atoms with Gasteiger partial charge in [0.15, 0.2) is 6.67 Å². The molecule has 0 saturated carbocycles. The molecule has 1 aliphatic rings. The van der Waals surface area contributed by atoms with Crippen LogP contribution in [0.25, 0.3) is 11.1 Å². The van der Waals surface area contributed by atoms with Crippen LogP contribution in [0.4, 0.5) is 4.39 Å². The van der Waals surface area contributed by atoms with E-state index in [0.29, 0.717) is 18.1 Å². The molecule has 0 spiro atoms. The molecular formula is C17H15ClFNO. The molecule has 0 unspecified atom stereocenters. The molecule has 0 aromatic heterocycles. The van der Waals surface area contributed by atoms with E-state index in [-0.39, 0.29) is 0 Å². The Morgan fingerprint density at radius 2 is 1.90 bits per heavy atom. The summed E-state index contributed by atoms with van der Waals surface area (Å²) in [6, 6.07) is 13.7. The van der Waals surface area contributed by atoms with E-state index >= 15 is 0 Å². The summed E-state index contributed by atoms with van der Waals surface area (Å²) in [5.74, 6) is -0.441. The van der Waals surface area contributed by atoms with Crippen LogP contribution in [0.1, 0.15) is 11.1 Å². The van der Waals surface area contributed by atoms with Crippen LogP contribution < -0.4 is 0 Å². The van der Waals surface area contributed by atoms with Crippen molar-refractivity contribution >= 4 is 17.5 Å². The van der Waals surface area contributed by atoms with Crippen LogP contribution in [0.5, 0.6) is 0 Å². The zero-order valence-electron chi connectivity index (χ0n) is 11.5. The number of rotatable bonds is 2. The van der Waals surface area contributed by atoms with E-state index in [2.05, 4.69) is 0 Å². The Bertz CT molecular complexity index is 686. The molecule has 0 fully saturated rings. The lowest BCUT2D eigenvalue weighted by molar-refractivity contribution is -0.133. The molecule has 0 bridgehead atoms. The largest absolute Gasteiger partial charge is 0.336 e. The maximum absolute atomic E-state index is 12.5. The molecule has 1 amide bonds. The Morgan fingerprint density at radius 3 is 2.67 bits per heavy atom. The second-order valence-electron chi connectivity index (χ2n) is 5.12. The van der Waals surface area contributed by atoms with E-state index < -0.39 is 12.6 Å². The first-order chi connectivity index (χ1) is 10.2. The smallest absolute Gasteiger partial charge is 0.254 e. The molecule has 0 aliphatic carbocycles. The Kier molecular flexibility index (Phi) is 3.93. The quantitative estimate of drug-likeness (QED) is 0.825. The van der Waals surface area contributed by atoms with Gasteiger partial charge in [0.05, 0.1) is 0 Å². The van der Waals surface area contributed by atoms with Crippen LogP contribution in [-0.4, -0.2) is 24.0 Å². The van der Waals surface area contributed by atoms with E-state index in [4.69, 9.17) is 11.6 Å². The van der Waals surface area contributed by atoms with Crippen molar-refractivity contribution in [3.05, 3.63) is 58.6 Å². The fraction of sp³-hybridized carbons (Fsp3) is 0.235. The van der Waals surface area contributed by atoms with Crippen molar-refractivity contribution in [2.75, 3.05) is 13.2 Å². The molecule has 2 aromatic rings. The molecule has 3 rings (SSSR count). The van der Waals surface area contributed by atoms with Gasteiger partial charge in [-0.15, -0.1) is 0 Å². The third kappa shape index (κ3) is 2.66. The molecule has 21 heavy (non-hydrogen) atoms.